The maximum absolute atomic E-state index is 13.2. The SMILES string of the molecule is CC[NH+](CC)CCCN=CC1C(=O)N(Cc2ccccc2)C(=O)c2ccccc21. The molecule has 0 fully saturated rings. The number of amides is 2. The minimum atomic E-state index is -0.506. The van der Waals surface area contributed by atoms with Crippen LogP contribution < -0.4 is 4.90 Å². The van der Waals surface area contributed by atoms with Crippen LogP contribution in [0.15, 0.2) is 59.6 Å². The summed E-state index contributed by atoms with van der Waals surface area (Å²) in [5.41, 5.74) is 2.28. The number of carbonyl (C=O) groups excluding carboxylic acids is 2. The summed E-state index contributed by atoms with van der Waals surface area (Å²) in [7, 11) is 0. The number of hydrogen-bond donors (Lipinski definition) is 1. The van der Waals surface area contributed by atoms with Crippen LogP contribution in [-0.4, -0.2) is 49.1 Å². The summed E-state index contributed by atoms with van der Waals surface area (Å²) in [5.74, 6) is -0.937. The molecule has 2 aromatic rings. The van der Waals surface area contributed by atoms with Gasteiger partial charge in [0, 0.05) is 24.7 Å². The third-order valence-electron chi connectivity index (χ3n) is 5.56. The first-order chi connectivity index (χ1) is 14.2. The van der Waals surface area contributed by atoms with Crippen LogP contribution in [0.4, 0.5) is 0 Å². The lowest BCUT2D eigenvalue weighted by molar-refractivity contribution is -0.896. The minimum absolute atomic E-state index is 0.198. The molecule has 0 aromatic heterocycles. The lowest BCUT2D eigenvalue weighted by Crippen LogP contribution is -3.11. The second-order valence-electron chi connectivity index (χ2n) is 7.40. The summed E-state index contributed by atoms with van der Waals surface area (Å²) in [6.07, 6.45) is 2.73. The predicted octanol–water partition coefficient (Wildman–Crippen LogP) is 2.34. The number of fused-ring (bicyclic) bond motifs is 1. The van der Waals surface area contributed by atoms with Crippen LogP contribution in [0.5, 0.6) is 0 Å². The standard InChI is InChI=1S/C24H29N3O2/c1-3-26(4-2)16-10-15-25-17-22-20-13-8-9-14-21(20)23(28)27(24(22)29)18-19-11-6-5-7-12-19/h5-9,11-14,17,22H,3-4,10,15-16,18H2,1-2H3/p+1. The fraction of sp³-hybridized carbons (Fsp3) is 0.375. The molecule has 1 N–H and O–H groups in total. The van der Waals surface area contributed by atoms with Gasteiger partial charge >= 0.3 is 0 Å². The van der Waals surface area contributed by atoms with E-state index in [2.05, 4.69) is 18.8 Å². The molecule has 0 radical (unpaired) electrons. The first-order valence-electron chi connectivity index (χ1n) is 10.5. The normalized spacial score (nSPS) is 16.7. The van der Waals surface area contributed by atoms with E-state index in [1.165, 1.54) is 4.90 Å². The van der Waals surface area contributed by atoms with E-state index in [1.807, 2.05) is 48.5 Å². The number of hydrogen-bond acceptors (Lipinski definition) is 3. The fourth-order valence-corrected chi connectivity index (χ4v) is 3.77. The molecule has 152 valence electrons. The van der Waals surface area contributed by atoms with Crippen LogP contribution in [0.2, 0.25) is 0 Å². The first kappa shape index (κ1) is 20.9. The van der Waals surface area contributed by atoms with Gasteiger partial charge in [0.1, 0.15) is 0 Å². The van der Waals surface area contributed by atoms with E-state index in [0.717, 1.165) is 37.2 Å². The van der Waals surface area contributed by atoms with E-state index in [0.29, 0.717) is 12.1 Å². The molecule has 5 nitrogen and oxygen atoms in total. The molecule has 0 saturated carbocycles. The molecule has 2 aromatic carbocycles. The topological polar surface area (TPSA) is 54.2 Å². The summed E-state index contributed by atoms with van der Waals surface area (Å²) in [6, 6.07) is 17.0. The second-order valence-corrected chi connectivity index (χ2v) is 7.40. The Hall–Kier alpha value is -2.79. The molecule has 29 heavy (non-hydrogen) atoms. The van der Waals surface area contributed by atoms with E-state index >= 15 is 0 Å². The van der Waals surface area contributed by atoms with Crippen LogP contribution in [0.25, 0.3) is 0 Å². The fourth-order valence-electron chi connectivity index (χ4n) is 3.77. The zero-order valence-electron chi connectivity index (χ0n) is 17.3. The number of imide groups is 1. The first-order valence-corrected chi connectivity index (χ1v) is 10.5. The highest BCUT2D eigenvalue weighted by molar-refractivity contribution is 6.16. The molecule has 1 unspecified atom stereocenters. The van der Waals surface area contributed by atoms with E-state index < -0.39 is 5.92 Å². The van der Waals surface area contributed by atoms with E-state index in [-0.39, 0.29) is 18.4 Å². The van der Waals surface area contributed by atoms with Gasteiger partial charge < -0.3 is 4.90 Å². The van der Waals surface area contributed by atoms with Crippen molar-refractivity contribution >= 4 is 18.0 Å². The highest BCUT2D eigenvalue weighted by Crippen LogP contribution is 2.29. The number of rotatable bonds is 9. The van der Waals surface area contributed by atoms with Crippen molar-refractivity contribution in [2.24, 2.45) is 4.99 Å². The van der Waals surface area contributed by atoms with Crippen molar-refractivity contribution < 1.29 is 14.5 Å². The Bertz CT molecular complexity index is 859. The Kier molecular flexibility index (Phi) is 7.30. The van der Waals surface area contributed by atoms with Crippen molar-refractivity contribution in [3.63, 3.8) is 0 Å². The molecule has 5 heteroatoms. The van der Waals surface area contributed by atoms with Crippen LogP contribution in [0.3, 0.4) is 0 Å². The highest BCUT2D eigenvalue weighted by atomic mass is 16.2. The summed E-state index contributed by atoms with van der Waals surface area (Å²) in [6.45, 7) is 8.68. The van der Waals surface area contributed by atoms with Crippen LogP contribution in [-0.2, 0) is 11.3 Å². The molecule has 2 amide bonds. The van der Waals surface area contributed by atoms with Gasteiger partial charge in [-0.2, -0.15) is 0 Å². The van der Waals surface area contributed by atoms with Gasteiger partial charge in [0.05, 0.1) is 32.1 Å². The van der Waals surface area contributed by atoms with Gasteiger partial charge in [-0.3, -0.25) is 19.5 Å². The van der Waals surface area contributed by atoms with E-state index in [9.17, 15) is 9.59 Å². The Morgan fingerprint density at radius 2 is 1.69 bits per heavy atom. The Labute approximate surface area is 173 Å². The number of nitrogens with one attached hydrogen (secondary N) is 1. The largest absolute Gasteiger partial charge is 0.335 e. The number of benzene rings is 2. The van der Waals surface area contributed by atoms with Crippen molar-refractivity contribution in [2.75, 3.05) is 26.2 Å². The molecule has 3 rings (SSSR count). The van der Waals surface area contributed by atoms with Crippen molar-refractivity contribution in [1.82, 2.24) is 4.90 Å². The lowest BCUT2D eigenvalue weighted by Gasteiger charge is -2.31. The molecular formula is C24H30N3O2+. The minimum Gasteiger partial charge on any atom is -0.335 e. The maximum atomic E-state index is 13.2. The number of carbonyl (C=O) groups is 2. The van der Waals surface area contributed by atoms with Gasteiger partial charge in [-0.15, -0.1) is 0 Å². The summed E-state index contributed by atoms with van der Waals surface area (Å²) in [5, 5.41) is 0. The summed E-state index contributed by atoms with van der Waals surface area (Å²) in [4.78, 5) is 33.6. The van der Waals surface area contributed by atoms with Crippen LogP contribution in [0.1, 0.15) is 47.7 Å². The highest BCUT2D eigenvalue weighted by Gasteiger charge is 2.37. The smallest absolute Gasteiger partial charge is 0.261 e. The molecular weight excluding hydrogens is 362 g/mol. The number of nitrogens with zero attached hydrogens (tertiary/aromatic N) is 2. The van der Waals surface area contributed by atoms with Gasteiger partial charge in [0.2, 0.25) is 5.91 Å². The molecule has 1 heterocycles. The molecule has 0 bridgehead atoms. The quantitative estimate of drug-likeness (QED) is 0.405. The number of quaternary nitrogens is 1. The molecule has 1 aliphatic heterocycles. The third-order valence-corrected chi connectivity index (χ3v) is 5.56. The van der Waals surface area contributed by atoms with Gasteiger partial charge in [-0.05, 0) is 31.0 Å². The van der Waals surface area contributed by atoms with Gasteiger partial charge in [-0.1, -0.05) is 48.5 Å². The number of aliphatic imine (C=N–C) groups is 1. The van der Waals surface area contributed by atoms with Gasteiger partial charge in [-0.25, -0.2) is 0 Å². The van der Waals surface area contributed by atoms with Crippen molar-refractivity contribution in [1.29, 1.82) is 0 Å². The average molecular weight is 393 g/mol. The Morgan fingerprint density at radius 1 is 1.00 bits per heavy atom. The summed E-state index contributed by atoms with van der Waals surface area (Å²) >= 11 is 0. The van der Waals surface area contributed by atoms with E-state index in [4.69, 9.17) is 0 Å². The summed E-state index contributed by atoms with van der Waals surface area (Å²) < 4.78 is 0. The van der Waals surface area contributed by atoms with E-state index in [1.54, 1.807) is 17.2 Å². The maximum Gasteiger partial charge on any atom is 0.261 e. The molecule has 1 atom stereocenters. The third kappa shape index (κ3) is 4.98. The zero-order valence-corrected chi connectivity index (χ0v) is 17.3. The van der Waals surface area contributed by atoms with Crippen molar-refractivity contribution in [2.45, 2.75) is 32.7 Å². The van der Waals surface area contributed by atoms with Gasteiger partial charge in [0.15, 0.2) is 0 Å². The molecule has 0 aliphatic carbocycles. The second kappa shape index (κ2) is 10.1. The average Bonchev–Trinajstić information content (AvgIpc) is 2.76. The lowest BCUT2D eigenvalue weighted by atomic mass is 9.89. The molecule has 0 saturated heterocycles. The molecule has 1 aliphatic rings. The predicted molar refractivity (Wildman–Crippen MR) is 115 cm³/mol. The van der Waals surface area contributed by atoms with Gasteiger partial charge in [0.25, 0.3) is 5.91 Å². The zero-order chi connectivity index (χ0) is 20.6. The van der Waals surface area contributed by atoms with Crippen molar-refractivity contribution in [3.8, 4) is 0 Å². The Morgan fingerprint density at radius 3 is 2.41 bits per heavy atom. The Balaban J connectivity index is 1.76. The van der Waals surface area contributed by atoms with Crippen molar-refractivity contribution in [3.05, 3.63) is 71.3 Å². The molecule has 0 spiro atoms. The monoisotopic (exact) mass is 392 g/mol. The van der Waals surface area contributed by atoms with Crippen LogP contribution >= 0.6 is 0 Å². The van der Waals surface area contributed by atoms with Crippen LogP contribution in [0, 0.1) is 0 Å².